The van der Waals surface area contributed by atoms with Crippen LogP contribution in [-0.4, -0.2) is 32.4 Å². The highest BCUT2D eigenvalue weighted by Crippen LogP contribution is 2.17. The van der Waals surface area contributed by atoms with E-state index in [4.69, 9.17) is 5.53 Å². The number of imidazole rings is 1. The van der Waals surface area contributed by atoms with Gasteiger partial charge in [0.2, 0.25) is 0 Å². The van der Waals surface area contributed by atoms with Gasteiger partial charge >= 0.3 is 0 Å². The van der Waals surface area contributed by atoms with E-state index in [1.165, 1.54) is 6.20 Å². The normalized spacial score (nSPS) is 14.3. The average molecular weight is 211 g/mol. The molecule has 0 radical (unpaired) electrons. The van der Waals surface area contributed by atoms with Gasteiger partial charge in [-0.15, -0.1) is 0 Å². The van der Waals surface area contributed by atoms with Gasteiger partial charge in [-0.2, -0.15) is 0 Å². The zero-order valence-electron chi connectivity index (χ0n) is 8.35. The molecule has 0 aliphatic rings. The molecule has 1 aromatic heterocycles. The molecule has 2 atom stereocenters. The van der Waals surface area contributed by atoms with Crippen LogP contribution in [-0.2, 0) is 7.05 Å². The molecular formula is C8H13N5O2. The summed E-state index contributed by atoms with van der Waals surface area (Å²) in [4.78, 5) is 6.39. The topological polar surface area (TPSA) is 107 Å². The number of rotatable bonds is 5. The largest absolute Gasteiger partial charge is 0.390 e. The summed E-state index contributed by atoms with van der Waals surface area (Å²) in [6.07, 6.45) is 1.29. The molecule has 0 bridgehead atoms. The highest BCUT2D eigenvalue weighted by atomic mass is 16.3. The summed E-state index contributed by atoms with van der Waals surface area (Å²) in [6.45, 7) is 0.159. The summed E-state index contributed by atoms with van der Waals surface area (Å²) in [5.41, 5.74) is 8.58. The molecule has 0 saturated heterocycles. The van der Waals surface area contributed by atoms with Gasteiger partial charge in [-0.25, -0.2) is 4.98 Å². The maximum Gasteiger partial charge on any atom is 0.121 e. The Labute approximate surface area is 86.6 Å². The third kappa shape index (κ3) is 2.95. The van der Waals surface area contributed by atoms with Crippen molar-refractivity contribution in [2.24, 2.45) is 12.2 Å². The molecule has 82 valence electrons. The standard InChI is InChI=1S/C8H13N5O2/c1-13-5-10-4-6(13)8(15)7(14)2-3-11-12-9/h4-5,7-8,14-15H,2-3H2,1H3. The van der Waals surface area contributed by atoms with Crippen LogP contribution >= 0.6 is 0 Å². The van der Waals surface area contributed by atoms with Crippen LogP contribution in [0.3, 0.4) is 0 Å². The van der Waals surface area contributed by atoms with Crippen molar-refractivity contribution in [3.8, 4) is 0 Å². The number of hydrogen-bond acceptors (Lipinski definition) is 4. The Kier molecular flexibility index (Phi) is 4.11. The second kappa shape index (κ2) is 5.35. The van der Waals surface area contributed by atoms with E-state index in [9.17, 15) is 10.2 Å². The summed E-state index contributed by atoms with van der Waals surface area (Å²) in [5.74, 6) is 0. The summed E-state index contributed by atoms with van der Waals surface area (Å²) < 4.78 is 1.63. The average Bonchev–Trinajstić information content (AvgIpc) is 2.63. The van der Waals surface area contributed by atoms with Gasteiger partial charge in [0, 0.05) is 18.5 Å². The van der Waals surface area contributed by atoms with Crippen molar-refractivity contribution in [1.82, 2.24) is 9.55 Å². The second-order valence-electron chi connectivity index (χ2n) is 3.18. The summed E-state index contributed by atoms with van der Waals surface area (Å²) in [7, 11) is 1.73. The fourth-order valence-corrected chi connectivity index (χ4v) is 1.24. The predicted molar refractivity (Wildman–Crippen MR) is 52.8 cm³/mol. The Hall–Kier alpha value is -1.56. The van der Waals surface area contributed by atoms with Crippen LogP contribution in [0.4, 0.5) is 0 Å². The van der Waals surface area contributed by atoms with Gasteiger partial charge in [0.25, 0.3) is 0 Å². The minimum absolute atomic E-state index is 0.159. The molecule has 7 nitrogen and oxygen atoms in total. The van der Waals surface area contributed by atoms with Crippen molar-refractivity contribution >= 4 is 0 Å². The van der Waals surface area contributed by atoms with Crippen LogP contribution in [0, 0.1) is 0 Å². The molecule has 1 aromatic rings. The number of aromatic nitrogens is 2. The minimum Gasteiger partial charge on any atom is -0.390 e. The van der Waals surface area contributed by atoms with E-state index in [2.05, 4.69) is 15.0 Å². The molecule has 7 heteroatoms. The molecule has 0 spiro atoms. The van der Waals surface area contributed by atoms with Crippen LogP contribution in [0.1, 0.15) is 18.2 Å². The van der Waals surface area contributed by atoms with Gasteiger partial charge in [0.05, 0.1) is 24.3 Å². The molecule has 0 amide bonds. The van der Waals surface area contributed by atoms with Crippen molar-refractivity contribution in [3.05, 3.63) is 28.7 Å². The number of hydrogen-bond donors (Lipinski definition) is 2. The lowest BCUT2D eigenvalue weighted by Crippen LogP contribution is -2.21. The molecule has 0 saturated carbocycles. The molecular weight excluding hydrogens is 198 g/mol. The van der Waals surface area contributed by atoms with Crippen molar-refractivity contribution in [3.63, 3.8) is 0 Å². The van der Waals surface area contributed by atoms with E-state index >= 15 is 0 Å². The Morgan fingerprint density at radius 1 is 1.67 bits per heavy atom. The van der Waals surface area contributed by atoms with E-state index in [0.717, 1.165) is 0 Å². The molecule has 0 aliphatic heterocycles. The van der Waals surface area contributed by atoms with E-state index in [0.29, 0.717) is 5.69 Å². The number of aliphatic hydroxyl groups excluding tert-OH is 2. The first-order valence-electron chi connectivity index (χ1n) is 4.50. The Morgan fingerprint density at radius 2 is 2.40 bits per heavy atom. The number of nitrogens with zero attached hydrogens (tertiary/aromatic N) is 5. The lowest BCUT2D eigenvalue weighted by Gasteiger charge is -2.16. The molecule has 2 N–H and O–H groups in total. The fraction of sp³-hybridized carbons (Fsp3) is 0.625. The van der Waals surface area contributed by atoms with E-state index in [-0.39, 0.29) is 13.0 Å². The number of azide groups is 1. The van der Waals surface area contributed by atoms with Crippen molar-refractivity contribution < 1.29 is 10.2 Å². The maximum atomic E-state index is 9.71. The van der Waals surface area contributed by atoms with Crippen LogP contribution < -0.4 is 0 Å². The van der Waals surface area contributed by atoms with Crippen molar-refractivity contribution in [2.75, 3.05) is 6.54 Å². The lowest BCUT2D eigenvalue weighted by atomic mass is 10.1. The van der Waals surface area contributed by atoms with Gasteiger partial charge in [0.1, 0.15) is 6.10 Å². The molecule has 15 heavy (non-hydrogen) atoms. The predicted octanol–water partition coefficient (Wildman–Crippen LogP) is 0.515. The molecule has 2 unspecified atom stereocenters. The molecule has 1 heterocycles. The first-order chi connectivity index (χ1) is 7.16. The van der Waals surface area contributed by atoms with Crippen molar-refractivity contribution in [1.29, 1.82) is 0 Å². The van der Waals surface area contributed by atoms with Crippen LogP contribution in [0.5, 0.6) is 0 Å². The van der Waals surface area contributed by atoms with Crippen LogP contribution in [0.15, 0.2) is 17.6 Å². The lowest BCUT2D eigenvalue weighted by molar-refractivity contribution is 0.0109. The molecule has 1 rings (SSSR count). The summed E-state index contributed by atoms with van der Waals surface area (Å²) in [6, 6.07) is 0. The second-order valence-corrected chi connectivity index (χ2v) is 3.18. The first kappa shape index (κ1) is 11.5. The zero-order valence-corrected chi connectivity index (χ0v) is 8.35. The third-order valence-electron chi connectivity index (χ3n) is 2.11. The maximum absolute atomic E-state index is 9.71. The summed E-state index contributed by atoms with van der Waals surface area (Å²) in [5, 5.41) is 22.6. The fourth-order valence-electron chi connectivity index (χ4n) is 1.24. The van der Waals surface area contributed by atoms with Crippen LogP contribution in [0.25, 0.3) is 10.4 Å². The molecule has 0 fully saturated rings. The zero-order chi connectivity index (χ0) is 11.3. The molecule has 0 aromatic carbocycles. The molecule has 0 aliphatic carbocycles. The first-order valence-corrected chi connectivity index (χ1v) is 4.50. The van der Waals surface area contributed by atoms with Gasteiger partial charge in [-0.3, -0.25) is 0 Å². The Morgan fingerprint density at radius 3 is 2.93 bits per heavy atom. The smallest absolute Gasteiger partial charge is 0.121 e. The third-order valence-corrected chi connectivity index (χ3v) is 2.11. The monoisotopic (exact) mass is 211 g/mol. The van der Waals surface area contributed by atoms with Gasteiger partial charge < -0.3 is 14.8 Å². The van der Waals surface area contributed by atoms with Gasteiger partial charge in [-0.05, 0) is 12.0 Å². The van der Waals surface area contributed by atoms with Crippen LogP contribution in [0.2, 0.25) is 0 Å². The van der Waals surface area contributed by atoms with E-state index < -0.39 is 12.2 Å². The highest BCUT2D eigenvalue weighted by Gasteiger charge is 2.20. The van der Waals surface area contributed by atoms with E-state index in [1.54, 1.807) is 17.9 Å². The SMILES string of the molecule is Cn1cncc1C(O)C(O)CCN=[N+]=[N-]. The van der Waals surface area contributed by atoms with Gasteiger partial charge in [0.15, 0.2) is 0 Å². The van der Waals surface area contributed by atoms with Gasteiger partial charge in [-0.1, -0.05) is 5.11 Å². The number of aryl methyl sites for hydroxylation is 1. The number of aliphatic hydroxyl groups is 2. The van der Waals surface area contributed by atoms with E-state index in [1.807, 2.05) is 0 Å². The Balaban J connectivity index is 2.56. The summed E-state index contributed by atoms with van der Waals surface area (Å²) >= 11 is 0. The minimum atomic E-state index is -1.01. The highest BCUT2D eigenvalue weighted by molar-refractivity contribution is 5.03. The van der Waals surface area contributed by atoms with Crippen molar-refractivity contribution in [2.45, 2.75) is 18.6 Å². The Bertz CT molecular complexity index is 358. The quantitative estimate of drug-likeness (QED) is 0.421.